The van der Waals surface area contributed by atoms with Crippen LogP contribution in [-0.4, -0.2) is 9.78 Å². The average molecular weight is 183 g/mol. The van der Waals surface area contributed by atoms with Gasteiger partial charge in [0.1, 0.15) is 0 Å². The van der Waals surface area contributed by atoms with Gasteiger partial charge in [0.05, 0.1) is 17.8 Å². The molecule has 0 unspecified atom stereocenters. The molecular weight excluding hydrogens is 172 g/mol. The van der Waals surface area contributed by atoms with Crippen LogP contribution >= 0.6 is 11.6 Å². The first-order valence-electron chi connectivity index (χ1n) is 4.20. The lowest BCUT2D eigenvalue weighted by Crippen LogP contribution is -2.01. The number of halogens is 1. The Labute approximate surface area is 76.8 Å². The van der Waals surface area contributed by atoms with E-state index in [2.05, 4.69) is 11.2 Å². The fraction of sp³-hybridized carbons (Fsp3) is 0.444. The highest BCUT2D eigenvalue weighted by molar-refractivity contribution is 6.30. The molecule has 1 fully saturated rings. The smallest absolute Gasteiger partial charge is 0.0785 e. The second-order valence-corrected chi connectivity index (χ2v) is 3.53. The second kappa shape index (κ2) is 3.31. The van der Waals surface area contributed by atoms with Crippen LogP contribution in [0.2, 0.25) is 5.02 Å². The molecule has 2 nitrogen and oxygen atoms in total. The lowest BCUT2D eigenvalue weighted by atomic mass is 9.92. The first kappa shape index (κ1) is 7.87. The van der Waals surface area contributed by atoms with Crippen molar-refractivity contribution in [2.45, 2.75) is 25.8 Å². The van der Waals surface area contributed by atoms with Crippen LogP contribution < -0.4 is 0 Å². The number of nitrogens with zero attached hydrogens (tertiary/aromatic N) is 2. The number of hydrogen-bond acceptors (Lipinski definition) is 1. The topological polar surface area (TPSA) is 17.8 Å². The van der Waals surface area contributed by atoms with Crippen LogP contribution in [0.1, 0.15) is 19.3 Å². The Morgan fingerprint density at radius 3 is 2.92 bits per heavy atom. The highest BCUT2D eigenvalue weighted by Gasteiger charge is 2.06. The number of aromatic nitrogens is 2. The lowest BCUT2D eigenvalue weighted by Gasteiger charge is -2.15. The van der Waals surface area contributed by atoms with Crippen LogP contribution in [0.3, 0.4) is 0 Å². The van der Waals surface area contributed by atoms with E-state index in [1.165, 1.54) is 19.3 Å². The zero-order valence-corrected chi connectivity index (χ0v) is 7.59. The van der Waals surface area contributed by atoms with Crippen molar-refractivity contribution in [1.29, 1.82) is 0 Å². The zero-order valence-electron chi connectivity index (χ0n) is 6.83. The van der Waals surface area contributed by atoms with Crippen molar-refractivity contribution in [2.75, 3.05) is 0 Å². The molecule has 1 aromatic heterocycles. The van der Waals surface area contributed by atoms with Gasteiger partial charge in [-0.3, -0.25) is 4.68 Å². The summed E-state index contributed by atoms with van der Waals surface area (Å²) in [4.78, 5) is 0. The van der Waals surface area contributed by atoms with Gasteiger partial charge in [-0.1, -0.05) is 23.3 Å². The van der Waals surface area contributed by atoms with Gasteiger partial charge in [-0.15, -0.1) is 0 Å². The SMILES string of the molecule is Clc1cnn(CC=C2CCC2)c1. The van der Waals surface area contributed by atoms with Crippen molar-refractivity contribution in [3.8, 4) is 0 Å². The Bertz CT molecular complexity index is 295. The van der Waals surface area contributed by atoms with E-state index in [9.17, 15) is 0 Å². The Morgan fingerprint density at radius 2 is 2.42 bits per heavy atom. The Balaban J connectivity index is 1.95. The van der Waals surface area contributed by atoms with Gasteiger partial charge in [0.25, 0.3) is 0 Å². The molecule has 1 aliphatic rings. The van der Waals surface area contributed by atoms with Gasteiger partial charge in [0.2, 0.25) is 0 Å². The third kappa shape index (κ3) is 1.69. The van der Waals surface area contributed by atoms with Crippen molar-refractivity contribution in [3.05, 3.63) is 29.1 Å². The molecule has 0 N–H and O–H groups in total. The average Bonchev–Trinajstić information content (AvgIpc) is 2.32. The first-order valence-corrected chi connectivity index (χ1v) is 4.58. The summed E-state index contributed by atoms with van der Waals surface area (Å²) in [6.45, 7) is 0.863. The van der Waals surface area contributed by atoms with E-state index in [0.29, 0.717) is 5.02 Å². The highest BCUT2D eigenvalue weighted by Crippen LogP contribution is 2.24. The second-order valence-electron chi connectivity index (χ2n) is 3.10. The van der Waals surface area contributed by atoms with Gasteiger partial charge in [0.15, 0.2) is 0 Å². The molecule has 1 heterocycles. The Hall–Kier alpha value is -0.760. The van der Waals surface area contributed by atoms with Crippen molar-refractivity contribution in [3.63, 3.8) is 0 Å². The van der Waals surface area contributed by atoms with Crippen LogP contribution in [0.5, 0.6) is 0 Å². The molecule has 1 saturated carbocycles. The minimum Gasteiger partial charge on any atom is -0.267 e. The third-order valence-corrected chi connectivity index (χ3v) is 2.36. The molecule has 0 bridgehead atoms. The normalized spacial score (nSPS) is 15.9. The van der Waals surface area contributed by atoms with Gasteiger partial charge in [-0.2, -0.15) is 5.10 Å². The molecule has 0 amide bonds. The van der Waals surface area contributed by atoms with E-state index in [-0.39, 0.29) is 0 Å². The molecule has 0 saturated heterocycles. The fourth-order valence-corrected chi connectivity index (χ4v) is 1.40. The monoisotopic (exact) mass is 182 g/mol. The van der Waals surface area contributed by atoms with E-state index >= 15 is 0 Å². The Morgan fingerprint density at radius 1 is 1.58 bits per heavy atom. The molecule has 2 rings (SSSR count). The van der Waals surface area contributed by atoms with Gasteiger partial charge >= 0.3 is 0 Å². The summed E-state index contributed by atoms with van der Waals surface area (Å²) in [7, 11) is 0. The maximum Gasteiger partial charge on any atom is 0.0785 e. The minimum absolute atomic E-state index is 0.710. The molecule has 0 aromatic carbocycles. The summed E-state index contributed by atoms with van der Waals surface area (Å²) in [6.07, 6.45) is 9.65. The summed E-state index contributed by atoms with van der Waals surface area (Å²) >= 11 is 5.72. The minimum atomic E-state index is 0.710. The number of hydrogen-bond donors (Lipinski definition) is 0. The van der Waals surface area contributed by atoms with Crippen molar-refractivity contribution >= 4 is 11.6 Å². The van der Waals surface area contributed by atoms with Gasteiger partial charge in [-0.25, -0.2) is 0 Å². The molecular formula is C9H11ClN2. The molecule has 0 spiro atoms. The van der Waals surface area contributed by atoms with Crippen molar-refractivity contribution in [1.82, 2.24) is 9.78 Å². The molecule has 3 heteroatoms. The largest absolute Gasteiger partial charge is 0.267 e. The van der Waals surface area contributed by atoms with Crippen LogP contribution in [-0.2, 0) is 6.54 Å². The lowest BCUT2D eigenvalue weighted by molar-refractivity contribution is 0.633. The maximum atomic E-state index is 5.72. The molecule has 0 aliphatic heterocycles. The van der Waals surface area contributed by atoms with Gasteiger partial charge < -0.3 is 0 Å². The van der Waals surface area contributed by atoms with Crippen LogP contribution in [0.15, 0.2) is 24.0 Å². The van der Waals surface area contributed by atoms with E-state index < -0.39 is 0 Å². The molecule has 0 atom stereocenters. The van der Waals surface area contributed by atoms with Crippen LogP contribution in [0.25, 0.3) is 0 Å². The summed E-state index contributed by atoms with van der Waals surface area (Å²) in [6, 6.07) is 0. The quantitative estimate of drug-likeness (QED) is 0.643. The van der Waals surface area contributed by atoms with E-state index in [1.54, 1.807) is 11.8 Å². The van der Waals surface area contributed by atoms with E-state index in [0.717, 1.165) is 6.54 Å². The molecule has 0 radical (unpaired) electrons. The molecule has 64 valence electrons. The van der Waals surface area contributed by atoms with E-state index in [4.69, 9.17) is 11.6 Å². The predicted molar refractivity (Wildman–Crippen MR) is 49.2 cm³/mol. The first-order chi connectivity index (χ1) is 5.84. The predicted octanol–water partition coefficient (Wildman–Crippen LogP) is 2.65. The standard InChI is InChI=1S/C9H11ClN2/c10-9-6-11-12(7-9)5-4-8-2-1-3-8/h4,6-7H,1-3,5H2. The summed E-state index contributed by atoms with van der Waals surface area (Å²) in [5.74, 6) is 0. The van der Waals surface area contributed by atoms with Crippen molar-refractivity contribution < 1.29 is 0 Å². The fourth-order valence-electron chi connectivity index (χ4n) is 1.25. The Kier molecular flexibility index (Phi) is 2.17. The highest BCUT2D eigenvalue weighted by atomic mass is 35.5. The molecule has 1 aliphatic carbocycles. The van der Waals surface area contributed by atoms with Gasteiger partial charge in [-0.05, 0) is 19.3 Å². The third-order valence-electron chi connectivity index (χ3n) is 2.16. The maximum absolute atomic E-state index is 5.72. The molecule has 1 aromatic rings. The van der Waals surface area contributed by atoms with Crippen LogP contribution in [0.4, 0.5) is 0 Å². The number of allylic oxidation sites excluding steroid dienone is 2. The number of rotatable bonds is 2. The summed E-state index contributed by atoms with van der Waals surface area (Å²) < 4.78 is 1.85. The summed E-state index contributed by atoms with van der Waals surface area (Å²) in [5, 5.41) is 4.80. The zero-order chi connectivity index (χ0) is 8.39. The van der Waals surface area contributed by atoms with E-state index in [1.807, 2.05) is 10.9 Å². The van der Waals surface area contributed by atoms with Gasteiger partial charge in [0, 0.05) is 6.20 Å². The molecule has 12 heavy (non-hydrogen) atoms. The van der Waals surface area contributed by atoms with Crippen molar-refractivity contribution in [2.24, 2.45) is 0 Å². The van der Waals surface area contributed by atoms with Crippen LogP contribution in [0, 0.1) is 0 Å². The summed E-state index contributed by atoms with van der Waals surface area (Å²) in [5.41, 5.74) is 1.56.